The van der Waals surface area contributed by atoms with Crippen molar-refractivity contribution in [3.8, 4) is 0 Å². The molecule has 0 saturated carbocycles. The molecular formula is C26H28NOP. The van der Waals surface area contributed by atoms with Gasteiger partial charge in [0.2, 0.25) is 0 Å². The molecule has 29 heavy (non-hydrogen) atoms. The van der Waals surface area contributed by atoms with Crippen molar-refractivity contribution >= 4 is 29.3 Å². The first-order valence-corrected chi connectivity index (χ1v) is 12.0. The molecule has 0 aliphatic heterocycles. The predicted octanol–water partition coefficient (Wildman–Crippen LogP) is 5.83. The Labute approximate surface area is 174 Å². The van der Waals surface area contributed by atoms with Crippen LogP contribution in [0, 0.1) is 0 Å². The van der Waals surface area contributed by atoms with Crippen LogP contribution in [0.5, 0.6) is 0 Å². The number of benzene rings is 3. The molecule has 3 aromatic carbocycles. The van der Waals surface area contributed by atoms with Crippen molar-refractivity contribution in [2.45, 2.75) is 33.1 Å². The highest BCUT2D eigenvalue weighted by Gasteiger charge is 2.28. The fourth-order valence-corrected chi connectivity index (χ4v) is 7.24. The van der Waals surface area contributed by atoms with Gasteiger partial charge in [-0.05, 0) is 12.8 Å². The van der Waals surface area contributed by atoms with Gasteiger partial charge in [0.15, 0.2) is 0 Å². The Bertz CT molecular complexity index is 905. The van der Waals surface area contributed by atoms with Crippen molar-refractivity contribution in [2.24, 2.45) is 4.74 Å². The lowest BCUT2D eigenvalue weighted by molar-refractivity contribution is -0.105. The van der Waals surface area contributed by atoms with E-state index >= 15 is 0 Å². The van der Waals surface area contributed by atoms with Crippen LogP contribution < -0.4 is 15.9 Å². The molecule has 148 valence electrons. The second kappa shape index (κ2) is 10.2. The summed E-state index contributed by atoms with van der Waals surface area (Å²) in [6.45, 7) is 4.17. The molecule has 2 nitrogen and oxygen atoms in total. The van der Waals surface area contributed by atoms with E-state index in [4.69, 9.17) is 4.74 Å². The van der Waals surface area contributed by atoms with Gasteiger partial charge in [0.1, 0.15) is 6.29 Å². The van der Waals surface area contributed by atoms with Crippen LogP contribution in [-0.2, 0) is 4.79 Å². The van der Waals surface area contributed by atoms with E-state index in [2.05, 4.69) is 79.7 Å². The zero-order valence-electron chi connectivity index (χ0n) is 17.2. The Kier molecular flexibility index (Phi) is 7.38. The van der Waals surface area contributed by atoms with Crippen molar-refractivity contribution in [1.29, 1.82) is 0 Å². The van der Waals surface area contributed by atoms with Crippen molar-refractivity contribution in [2.75, 3.05) is 0 Å². The van der Waals surface area contributed by atoms with Gasteiger partial charge in [-0.1, -0.05) is 111 Å². The number of nitrogens with zero attached hydrogens (tertiary/aromatic N) is 1. The zero-order valence-corrected chi connectivity index (χ0v) is 18.1. The summed E-state index contributed by atoms with van der Waals surface area (Å²) in [5.41, 5.74) is 1.74. The summed E-state index contributed by atoms with van der Waals surface area (Å²) in [5, 5.41) is 3.60. The molecule has 3 aromatic rings. The lowest BCUT2D eigenvalue weighted by atomic mass is 10.1. The molecule has 0 aliphatic rings. The Hall–Kier alpha value is -2.70. The molecule has 3 heteroatoms. The minimum absolute atomic E-state index is 0.695. The molecule has 0 fully saturated rings. The van der Waals surface area contributed by atoms with Gasteiger partial charge in [0.05, 0.1) is 7.05 Å². The van der Waals surface area contributed by atoms with Gasteiger partial charge >= 0.3 is 0 Å². The highest BCUT2D eigenvalue weighted by atomic mass is 31.2. The summed E-state index contributed by atoms with van der Waals surface area (Å²) in [6, 6.07) is 31.6. The Balaban J connectivity index is 2.49. The van der Waals surface area contributed by atoms with Crippen LogP contribution in [0.2, 0.25) is 0 Å². The Morgan fingerprint density at radius 3 is 1.48 bits per heavy atom. The van der Waals surface area contributed by atoms with Gasteiger partial charge in [-0.25, -0.2) is 0 Å². The zero-order chi connectivity index (χ0) is 20.5. The van der Waals surface area contributed by atoms with Crippen LogP contribution in [0.4, 0.5) is 0 Å². The average Bonchev–Trinajstić information content (AvgIpc) is 2.80. The van der Waals surface area contributed by atoms with Crippen LogP contribution in [0.3, 0.4) is 0 Å². The van der Waals surface area contributed by atoms with E-state index in [-0.39, 0.29) is 0 Å². The van der Waals surface area contributed by atoms with E-state index in [1.54, 1.807) is 0 Å². The van der Waals surface area contributed by atoms with E-state index in [0.717, 1.165) is 30.4 Å². The van der Waals surface area contributed by atoms with Crippen LogP contribution in [-0.4, -0.2) is 6.29 Å². The first-order valence-electron chi connectivity index (χ1n) is 10.2. The van der Waals surface area contributed by atoms with Crippen molar-refractivity contribution in [3.63, 3.8) is 0 Å². The second-order valence-electron chi connectivity index (χ2n) is 6.94. The molecule has 0 aromatic heterocycles. The molecule has 0 aliphatic carbocycles. The van der Waals surface area contributed by atoms with E-state index in [1.165, 1.54) is 15.9 Å². The highest BCUT2D eigenvalue weighted by Crippen LogP contribution is 2.48. The van der Waals surface area contributed by atoms with E-state index < -0.39 is 7.05 Å². The van der Waals surface area contributed by atoms with Crippen LogP contribution in [0.15, 0.2) is 107 Å². The van der Waals surface area contributed by atoms with Gasteiger partial charge in [0, 0.05) is 27.2 Å². The number of carbonyl (C=O) groups excluding carboxylic acids is 1. The number of carbonyl (C=O) groups is 1. The molecule has 0 bridgehead atoms. The largest absolute Gasteiger partial charge is 0.298 e. The minimum Gasteiger partial charge on any atom is -0.298 e. The molecule has 0 N–H and O–H groups in total. The van der Waals surface area contributed by atoms with Gasteiger partial charge in [0.25, 0.3) is 0 Å². The molecule has 3 rings (SSSR count). The quantitative estimate of drug-likeness (QED) is 0.265. The van der Waals surface area contributed by atoms with E-state index in [1.807, 2.05) is 25.1 Å². The van der Waals surface area contributed by atoms with E-state index in [0.29, 0.717) is 6.42 Å². The van der Waals surface area contributed by atoms with Crippen molar-refractivity contribution < 1.29 is 4.79 Å². The summed E-state index contributed by atoms with van der Waals surface area (Å²) < 4.78 is 5.51. The van der Waals surface area contributed by atoms with Gasteiger partial charge < -0.3 is 0 Å². The molecule has 0 saturated heterocycles. The molecule has 0 heterocycles. The maximum atomic E-state index is 11.8. The van der Waals surface area contributed by atoms with Gasteiger partial charge in [-0.3, -0.25) is 9.54 Å². The fourth-order valence-electron chi connectivity index (χ4n) is 3.60. The van der Waals surface area contributed by atoms with Gasteiger partial charge in [-0.15, -0.1) is 0 Å². The lowest BCUT2D eigenvalue weighted by Gasteiger charge is -2.28. The summed E-state index contributed by atoms with van der Waals surface area (Å²) in [6.07, 6.45) is 3.44. The Morgan fingerprint density at radius 1 is 0.759 bits per heavy atom. The number of hydrogen-bond donors (Lipinski definition) is 0. The first kappa shape index (κ1) is 21.0. The SMILES string of the molecule is CCC/C(N=P(c1ccccc1)(c1ccccc1)c1ccccc1)=C(\C=O)CC. The molecular weight excluding hydrogens is 373 g/mol. The molecule has 0 spiro atoms. The number of allylic oxidation sites excluding steroid dienone is 2. The summed E-state index contributed by atoms with van der Waals surface area (Å²) in [7, 11) is -2.31. The first-order chi connectivity index (χ1) is 14.3. The topological polar surface area (TPSA) is 29.4 Å². The summed E-state index contributed by atoms with van der Waals surface area (Å²) in [5.74, 6) is 0. The fraction of sp³-hybridized carbons (Fsp3) is 0.192. The van der Waals surface area contributed by atoms with Crippen LogP contribution >= 0.6 is 7.05 Å². The lowest BCUT2D eigenvalue weighted by Crippen LogP contribution is -2.25. The minimum atomic E-state index is -2.31. The normalized spacial score (nSPS) is 12.2. The predicted molar refractivity (Wildman–Crippen MR) is 126 cm³/mol. The highest BCUT2D eigenvalue weighted by molar-refractivity contribution is 7.87. The monoisotopic (exact) mass is 401 g/mol. The molecule has 0 atom stereocenters. The number of rotatable bonds is 8. The van der Waals surface area contributed by atoms with Gasteiger partial charge in [-0.2, -0.15) is 0 Å². The van der Waals surface area contributed by atoms with Crippen molar-refractivity contribution in [1.82, 2.24) is 0 Å². The average molecular weight is 401 g/mol. The van der Waals surface area contributed by atoms with Crippen LogP contribution in [0.25, 0.3) is 0 Å². The number of hydrogen-bond acceptors (Lipinski definition) is 2. The third kappa shape index (κ3) is 4.49. The summed E-state index contributed by atoms with van der Waals surface area (Å²) >= 11 is 0. The Morgan fingerprint density at radius 2 is 1.17 bits per heavy atom. The smallest absolute Gasteiger partial charge is 0.147 e. The maximum Gasteiger partial charge on any atom is 0.147 e. The van der Waals surface area contributed by atoms with Crippen LogP contribution in [0.1, 0.15) is 33.1 Å². The summed E-state index contributed by atoms with van der Waals surface area (Å²) in [4.78, 5) is 11.8. The van der Waals surface area contributed by atoms with Crippen molar-refractivity contribution in [3.05, 3.63) is 102 Å². The standard InChI is InChI=1S/C26H28NOP/c1-3-14-26(22(4-2)21-28)27-29(23-15-8-5-9-16-23,24-17-10-6-11-18-24)25-19-12-7-13-20-25/h5-13,15-21H,3-4,14H2,1-2H3/b26-22+. The third-order valence-electron chi connectivity index (χ3n) is 5.04. The second-order valence-corrected chi connectivity index (χ2v) is 9.96. The van der Waals surface area contributed by atoms with E-state index in [9.17, 15) is 4.79 Å². The maximum absolute atomic E-state index is 11.8. The third-order valence-corrected chi connectivity index (χ3v) is 8.72. The molecule has 0 radical (unpaired) electrons. The molecule has 0 amide bonds. The number of aldehydes is 1. The molecule has 0 unspecified atom stereocenters.